The molecule has 7 nitrogen and oxygen atoms in total. The standard InChI is InChI=1S/C19H29N3O4/c1-4-13(3)17(19(25)26-5-2)22-18(24)15(21-16(23)12-20)11-14-9-7-6-8-10-14/h6-10,13,15,17H,4-5,11-12,20H2,1-3H3,(H,21,23)(H,22,24)/t13-,15-,17-/m0/s1. The second kappa shape index (κ2) is 11.3. The van der Waals surface area contributed by atoms with E-state index in [1.807, 2.05) is 44.2 Å². The number of hydrogen-bond acceptors (Lipinski definition) is 5. The average molecular weight is 363 g/mol. The van der Waals surface area contributed by atoms with E-state index in [-0.39, 0.29) is 19.1 Å². The van der Waals surface area contributed by atoms with Crippen molar-refractivity contribution in [1.29, 1.82) is 0 Å². The van der Waals surface area contributed by atoms with Gasteiger partial charge in [0.15, 0.2) is 0 Å². The molecule has 1 aromatic carbocycles. The molecule has 26 heavy (non-hydrogen) atoms. The van der Waals surface area contributed by atoms with Gasteiger partial charge in [-0.05, 0) is 18.4 Å². The van der Waals surface area contributed by atoms with Crippen LogP contribution in [0.15, 0.2) is 30.3 Å². The van der Waals surface area contributed by atoms with Crippen molar-refractivity contribution in [1.82, 2.24) is 10.6 Å². The highest BCUT2D eigenvalue weighted by molar-refractivity contribution is 5.91. The van der Waals surface area contributed by atoms with Gasteiger partial charge in [-0.2, -0.15) is 0 Å². The van der Waals surface area contributed by atoms with Crippen molar-refractivity contribution in [2.45, 2.75) is 45.7 Å². The van der Waals surface area contributed by atoms with Crippen LogP contribution in [0.5, 0.6) is 0 Å². The molecule has 0 heterocycles. The quantitative estimate of drug-likeness (QED) is 0.532. The number of carbonyl (C=O) groups excluding carboxylic acids is 3. The lowest BCUT2D eigenvalue weighted by atomic mass is 9.98. The second-order valence-electron chi connectivity index (χ2n) is 6.14. The highest BCUT2D eigenvalue weighted by Crippen LogP contribution is 2.11. The van der Waals surface area contributed by atoms with Gasteiger partial charge < -0.3 is 21.1 Å². The van der Waals surface area contributed by atoms with E-state index < -0.39 is 29.9 Å². The molecule has 0 aliphatic carbocycles. The third kappa shape index (κ3) is 6.84. The molecule has 0 unspecified atom stereocenters. The van der Waals surface area contributed by atoms with Crippen molar-refractivity contribution in [3.63, 3.8) is 0 Å². The Kier molecular flexibility index (Phi) is 9.36. The molecule has 144 valence electrons. The molecular weight excluding hydrogens is 334 g/mol. The maximum absolute atomic E-state index is 12.8. The van der Waals surface area contributed by atoms with Crippen molar-refractivity contribution >= 4 is 17.8 Å². The summed E-state index contributed by atoms with van der Waals surface area (Å²) in [6.07, 6.45) is 0.997. The minimum absolute atomic E-state index is 0.0967. The number of nitrogens with two attached hydrogens (primary N) is 1. The largest absolute Gasteiger partial charge is 0.464 e. The Morgan fingerprint density at radius 2 is 1.77 bits per heavy atom. The summed E-state index contributed by atoms with van der Waals surface area (Å²) in [7, 11) is 0. The zero-order chi connectivity index (χ0) is 19.5. The van der Waals surface area contributed by atoms with Gasteiger partial charge in [0.1, 0.15) is 12.1 Å². The van der Waals surface area contributed by atoms with E-state index in [1.165, 1.54) is 0 Å². The maximum Gasteiger partial charge on any atom is 0.328 e. The number of rotatable bonds is 10. The molecule has 0 radical (unpaired) electrons. The van der Waals surface area contributed by atoms with Crippen molar-refractivity contribution < 1.29 is 19.1 Å². The van der Waals surface area contributed by atoms with Gasteiger partial charge in [-0.1, -0.05) is 50.6 Å². The summed E-state index contributed by atoms with van der Waals surface area (Å²) in [5, 5.41) is 5.35. The Hall–Kier alpha value is -2.41. The van der Waals surface area contributed by atoms with Crippen molar-refractivity contribution in [3.05, 3.63) is 35.9 Å². The van der Waals surface area contributed by atoms with Gasteiger partial charge in [-0.25, -0.2) is 4.79 Å². The smallest absolute Gasteiger partial charge is 0.328 e. The van der Waals surface area contributed by atoms with Gasteiger partial charge in [0.2, 0.25) is 11.8 Å². The van der Waals surface area contributed by atoms with Gasteiger partial charge in [0.25, 0.3) is 0 Å². The first kappa shape index (κ1) is 21.6. The maximum atomic E-state index is 12.8. The summed E-state index contributed by atoms with van der Waals surface area (Å²) >= 11 is 0. The minimum Gasteiger partial charge on any atom is -0.464 e. The SMILES string of the molecule is CCOC(=O)[C@@H](NC(=O)[C@H](Cc1ccccc1)NC(=O)CN)[C@@H](C)CC. The van der Waals surface area contributed by atoms with Crippen LogP contribution in [0.25, 0.3) is 0 Å². The van der Waals surface area contributed by atoms with Crippen LogP contribution >= 0.6 is 0 Å². The fourth-order valence-electron chi connectivity index (χ4n) is 2.47. The van der Waals surface area contributed by atoms with Crippen LogP contribution in [0, 0.1) is 5.92 Å². The molecule has 4 N–H and O–H groups in total. The normalized spacial score (nSPS) is 14.0. The zero-order valence-electron chi connectivity index (χ0n) is 15.7. The van der Waals surface area contributed by atoms with Crippen molar-refractivity contribution in [2.24, 2.45) is 11.7 Å². The van der Waals surface area contributed by atoms with Crippen molar-refractivity contribution in [3.8, 4) is 0 Å². The first-order valence-corrected chi connectivity index (χ1v) is 8.93. The van der Waals surface area contributed by atoms with E-state index in [0.29, 0.717) is 12.8 Å². The summed E-state index contributed by atoms with van der Waals surface area (Å²) in [5.41, 5.74) is 6.24. The van der Waals surface area contributed by atoms with Gasteiger partial charge in [0, 0.05) is 6.42 Å². The van der Waals surface area contributed by atoms with Crippen LogP contribution < -0.4 is 16.4 Å². The van der Waals surface area contributed by atoms with E-state index in [2.05, 4.69) is 10.6 Å². The molecule has 7 heteroatoms. The first-order valence-electron chi connectivity index (χ1n) is 8.93. The lowest BCUT2D eigenvalue weighted by Crippen LogP contribution is -2.55. The molecule has 0 aliphatic heterocycles. The molecule has 2 amide bonds. The van der Waals surface area contributed by atoms with Crippen LogP contribution in [0.1, 0.15) is 32.8 Å². The molecule has 1 rings (SSSR count). The summed E-state index contributed by atoms with van der Waals surface area (Å²) in [4.78, 5) is 36.7. The molecule has 0 saturated heterocycles. The summed E-state index contributed by atoms with van der Waals surface area (Å²) in [5.74, 6) is -1.44. The summed E-state index contributed by atoms with van der Waals surface area (Å²) in [6, 6.07) is 7.73. The van der Waals surface area contributed by atoms with E-state index in [4.69, 9.17) is 10.5 Å². The number of benzene rings is 1. The van der Waals surface area contributed by atoms with Crippen LogP contribution in [-0.2, 0) is 25.5 Å². The molecule has 0 aliphatic rings. The van der Waals surface area contributed by atoms with Gasteiger partial charge in [-0.15, -0.1) is 0 Å². The highest BCUT2D eigenvalue weighted by Gasteiger charge is 2.30. The molecule has 0 aromatic heterocycles. The first-order chi connectivity index (χ1) is 12.4. The molecule has 1 aromatic rings. The minimum atomic E-state index is -0.825. The Morgan fingerprint density at radius 1 is 1.12 bits per heavy atom. The number of hydrogen-bond donors (Lipinski definition) is 3. The molecule has 0 spiro atoms. The van der Waals surface area contributed by atoms with Crippen molar-refractivity contribution in [2.75, 3.05) is 13.2 Å². The Morgan fingerprint density at radius 3 is 2.31 bits per heavy atom. The number of amides is 2. The van der Waals surface area contributed by atoms with E-state index in [1.54, 1.807) is 6.92 Å². The Labute approximate surface area is 154 Å². The van der Waals surface area contributed by atoms with Crippen LogP contribution in [0.3, 0.4) is 0 Å². The fourth-order valence-corrected chi connectivity index (χ4v) is 2.47. The summed E-state index contributed by atoms with van der Waals surface area (Å²) in [6.45, 7) is 5.53. The topological polar surface area (TPSA) is 111 Å². The van der Waals surface area contributed by atoms with E-state index >= 15 is 0 Å². The third-order valence-electron chi connectivity index (χ3n) is 4.17. The molecule has 3 atom stereocenters. The fraction of sp³-hybridized carbons (Fsp3) is 0.526. The summed E-state index contributed by atoms with van der Waals surface area (Å²) < 4.78 is 5.07. The van der Waals surface area contributed by atoms with E-state index in [0.717, 1.165) is 5.56 Å². The van der Waals surface area contributed by atoms with Gasteiger partial charge in [0.05, 0.1) is 13.2 Å². The van der Waals surface area contributed by atoms with Gasteiger partial charge in [-0.3, -0.25) is 9.59 Å². The lowest BCUT2D eigenvalue weighted by molar-refractivity contribution is -0.149. The number of esters is 1. The highest BCUT2D eigenvalue weighted by atomic mass is 16.5. The second-order valence-corrected chi connectivity index (χ2v) is 6.14. The zero-order valence-corrected chi connectivity index (χ0v) is 15.7. The predicted octanol–water partition coefficient (Wildman–Crippen LogP) is 0.767. The lowest BCUT2D eigenvalue weighted by Gasteiger charge is -2.25. The average Bonchev–Trinajstić information content (AvgIpc) is 2.65. The molecule has 0 bridgehead atoms. The van der Waals surface area contributed by atoms with Crippen LogP contribution in [0.2, 0.25) is 0 Å². The van der Waals surface area contributed by atoms with Crippen LogP contribution in [0.4, 0.5) is 0 Å². The monoisotopic (exact) mass is 363 g/mol. The number of ether oxygens (including phenoxy) is 1. The van der Waals surface area contributed by atoms with E-state index in [9.17, 15) is 14.4 Å². The van der Waals surface area contributed by atoms with Gasteiger partial charge >= 0.3 is 5.97 Å². The number of carbonyl (C=O) groups is 3. The predicted molar refractivity (Wildman–Crippen MR) is 99.1 cm³/mol. The number of nitrogens with one attached hydrogen (secondary N) is 2. The van der Waals surface area contributed by atoms with Crippen LogP contribution in [-0.4, -0.2) is 43.0 Å². The molecule has 0 saturated carbocycles. The molecular formula is C19H29N3O4. The molecule has 0 fully saturated rings. The Bertz CT molecular complexity index is 592. The third-order valence-corrected chi connectivity index (χ3v) is 4.17. The Balaban J connectivity index is 2.93.